The number of rotatable bonds is 5. The molecule has 2 aliphatic rings. The Bertz CT molecular complexity index is 1300. The fraction of sp³-hybridized carbons (Fsp3) is 0.333. The molecule has 2 aromatic carbocycles. The maximum atomic E-state index is 15.1. The Morgan fingerprint density at radius 3 is 2.62 bits per heavy atom. The molecule has 0 saturated carbocycles. The molecule has 0 amide bonds. The van der Waals surface area contributed by atoms with Crippen LogP contribution in [0.4, 0.5) is 10.1 Å². The predicted octanol–water partition coefficient (Wildman–Crippen LogP) is 3.33. The van der Waals surface area contributed by atoms with Gasteiger partial charge in [-0.15, -0.1) is 12.4 Å². The molecule has 2 aliphatic heterocycles. The molecule has 3 aromatic rings. The van der Waals surface area contributed by atoms with E-state index in [1.807, 2.05) is 30.0 Å². The summed E-state index contributed by atoms with van der Waals surface area (Å²) in [5.74, 6) is -0.286. The van der Waals surface area contributed by atoms with Gasteiger partial charge in [-0.1, -0.05) is 12.1 Å². The van der Waals surface area contributed by atoms with E-state index in [9.17, 15) is 14.7 Å². The molecule has 0 radical (unpaired) electrons. The van der Waals surface area contributed by atoms with Gasteiger partial charge in [0.2, 0.25) is 12.2 Å². The van der Waals surface area contributed by atoms with E-state index in [1.54, 1.807) is 10.6 Å². The molecular formula is C24H25ClFN3O5. The van der Waals surface area contributed by atoms with Crippen molar-refractivity contribution >= 4 is 35.0 Å². The third-order valence-corrected chi connectivity index (χ3v) is 6.30. The average molecular weight is 490 g/mol. The highest BCUT2D eigenvalue weighted by atomic mass is 35.5. The zero-order valence-electron chi connectivity index (χ0n) is 18.6. The fourth-order valence-electron chi connectivity index (χ4n) is 4.56. The van der Waals surface area contributed by atoms with Crippen molar-refractivity contribution in [3.63, 3.8) is 0 Å². The molecule has 0 aliphatic carbocycles. The maximum absolute atomic E-state index is 15.1. The van der Waals surface area contributed by atoms with Gasteiger partial charge in [0.15, 0.2) is 11.5 Å². The van der Waals surface area contributed by atoms with Crippen LogP contribution in [0.1, 0.15) is 22.8 Å². The van der Waals surface area contributed by atoms with Crippen LogP contribution in [0.2, 0.25) is 0 Å². The van der Waals surface area contributed by atoms with Gasteiger partial charge in [-0.3, -0.25) is 9.69 Å². The lowest BCUT2D eigenvalue weighted by Crippen LogP contribution is -2.46. The van der Waals surface area contributed by atoms with E-state index in [-0.39, 0.29) is 30.1 Å². The minimum atomic E-state index is -1.31. The van der Waals surface area contributed by atoms with Crippen LogP contribution in [-0.2, 0) is 13.1 Å². The van der Waals surface area contributed by atoms with Crippen LogP contribution in [0.3, 0.4) is 0 Å². The number of carboxylic acid groups (broad SMARTS) is 1. The van der Waals surface area contributed by atoms with Crippen LogP contribution in [0.15, 0.2) is 41.3 Å². The van der Waals surface area contributed by atoms with Gasteiger partial charge in [0.25, 0.3) is 0 Å². The van der Waals surface area contributed by atoms with E-state index in [1.165, 1.54) is 12.3 Å². The largest absolute Gasteiger partial charge is 0.477 e. The fourth-order valence-corrected chi connectivity index (χ4v) is 4.56. The number of halogens is 2. The molecule has 0 unspecified atom stereocenters. The first-order chi connectivity index (χ1) is 16.0. The molecular weight excluding hydrogens is 465 g/mol. The Hall–Kier alpha value is -3.30. The van der Waals surface area contributed by atoms with E-state index in [0.29, 0.717) is 37.4 Å². The highest BCUT2D eigenvalue weighted by Gasteiger charge is 2.24. The summed E-state index contributed by atoms with van der Waals surface area (Å²) >= 11 is 0. The molecule has 1 N–H and O–H groups in total. The number of piperazine rings is 1. The maximum Gasteiger partial charge on any atom is 0.341 e. The summed E-state index contributed by atoms with van der Waals surface area (Å²) in [5.41, 5.74) is 0.995. The number of fused-ring (bicyclic) bond motifs is 2. The second kappa shape index (κ2) is 9.52. The van der Waals surface area contributed by atoms with E-state index in [0.717, 1.165) is 30.2 Å². The van der Waals surface area contributed by atoms with Gasteiger partial charge in [0.05, 0.1) is 11.2 Å². The normalized spacial score (nSPS) is 15.4. The van der Waals surface area contributed by atoms with Crippen LogP contribution in [0.5, 0.6) is 11.5 Å². The molecule has 34 heavy (non-hydrogen) atoms. The molecule has 1 saturated heterocycles. The van der Waals surface area contributed by atoms with E-state index in [4.69, 9.17) is 9.47 Å². The zero-order chi connectivity index (χ0) is 23.1. The molecule has 5 rings (SSSR count). The predicted molar refractivity (Wildman–Crippen MR) is 128 cm³/mol. The van der Waals surface area contributed by atoms with Crippen LogP contribution >= 0.6 is 12.4 Å². The van der Waals surface area contributed by atoms with E-state index >= 15 is 4.39 Å². The first kappa shape index (κ1) is 23.8. The molecule has 1 aromatic heterocycles. The molecule has 180 valence electrons. The van der Waals surface area contributed by atoms with Gasteiger partial charge >= 0.3 is 5.97 Å². The SMILES string of the molecule is CCn1cc(C(=O)O)c(=O)c2cc(F)c(N3CCN(Cc4cccc5c4OCO5)CC3)cc21.Cl. The van der Waals surface area contributed by atoms with Crippen molar-refractivity contribution in [2.75, 3.05) is 37.9 Å². The average Bonchev–Trinajstić information content (AvgIpc) is 3.30. The van der Waals surface area contributed by atoms with Crippen LogP contribution < -0.4 is 19.8 Å². The zero-order valence-corrected chi connectivity index (χ0v) is 19.4. The van der Waals surface area contributed by atoms with Crippen molar-refractivity contribution in [1.29, 1.82) is 0 Å². The van der Waals surface area contributed by atoms with Crippen LogP contribution in [0.25, 0.3) is 10.9 Å². The monoisotopic (exact) mass is 489 g/mol. The van der Waals surface area contributed by atoms with Crippen LogP contribution in [0, 0.1) is 5.82 Å². The van der Waals surface area contributed by atoms with Crippen molar-refractivity contribution < 1.29 is 23.8 Å². The van der Waals surface area contributed by atoms with Gasteiger partial charge in [0, 0.05) is 56.4 Å². The first-order valence-electron chi connectivity index (χ1n) is 10.9. The number of hydrogen-bond donors (Lipinski definition) is 1. The van der Waals surface area contributed by atoms with Crippen molar-refractivity contribution in [2.24, 2.45) is 0 Å². The Balaban J connectivity index is 0.00000274. The summed E-state index contributed by atoms with van der Waals surface area (Å²) < 4.78 is 27.8. The number of ether oxygens (including phenoxy) is 2. The molecule has 0 bridgehead atoms. The number of pyridine rings is 1. The number of nitrogens with zero attached hydrogens (tertiary/aromatic N) is 3. The summed E-state index contributed by atoms with van der Waals surface area (Å²) in [6, 6.07) is 8.70. The quantitative estimate of drug-likeness (QED) is 0.588. The molecule has 3 heterocycles. The van der Waals surface area contributed by atoms with Crippen LogP contribution in [-0.4, -0.2) is 53.5 Å². The Kier molecular flexibility index (Phi) is 6.67. The minimum absolute atomic E-state index is 0. The topological polar surface area (TPSA) is 84.2 Å². The molecule has 10 heteroatoms. The Morgan fingerprint density at radius 2 is 1.91 bits per heavy atom. The number of hydrogen-bond acceptors (Lipinski definition) is 6. The summed E-state index contributed by atoms with van der Waals surface area (Å²) in [4.78, 5) is 28.3. The third kappa shape index (κ3) is 4.17. The smallest absolute Gasteiger partial charge is 0.341 e. The summed E-state index contributed by atoms with van der Waals surface area (Å²) in [6.07, 6.45) is 1.33. The number of carbonyl (C=O) groups is 1. The van der Waals surface area contributed by atoms with Crippen molar-refractivity contribution in [3.8, 4) is 11.5 Å². The number of para-hydroxylation sites is 1. The number of aromatic nitrogens is 1. The first-order valence-corrected chi connectivity index (χ1v) is 10.9. The van der Waals surface area contributed by atoms with Crippen molar-refractivity contribution in [2.45, 2.75) is 20.0 Å². The summed E-state index contributed by atoms with van der Waals surface area (Å²) in [5, 5.41) is 9.40. The van der Waals surface area contributed by atoms with Gasteiger partial charge in [-0.05, 0) is 25.1 Å². The van der Waals surface area contributed by atoms with Gasteiger partial charge in [-0.25, -0.2) is 9.18 Å². The third-order valence-electron chi connectivity index (χ3n) is 6.30. The van der Waals surface area contributed by atoms with Gasteiger partial charge in [-0.2, -0.15) is 0 Å². The minimum Gasteiger partial charge on any atom is -0.477 e. The summed E-state index contributed by atoms with van der Waals surface area (Å²) in [7, 11) is 0. The second-order valence-electron chi connectivity index (χ2n) is 8.20. The number of anilines is 1. The van der Waals surface area contributed by atoms with Crippen molar-refractivity contribution in [3.05, 3.63) is 63.7 Å². The number of aryl methyl sites for hydroxylation is 1. The van der Waals surface area contributed by atoms with E-state index in [2.05, 4.69) is 4.90 Å². The molecule has 0 atom stereocenters. The molecule has 0 spiro atoms. The highest BCUT2D eigenvalue weighted by Crippen LogP contribution is 2.36. The molecule has 1 fully saturated rings. The number of aromatic carboxylic acids is 1. The standard InChI is InChI=1S/C24H24FN3O5.ClH/c1-2-27-13-17(24(30)31)22(29)16-10-18(25)20(11-19(16)27)28-8-6-26(7-9-28)12-15-4-3-5-21-23(15)33-14-32-21;/h3-5,10-11,13H,2,6-9,12,14H2,1H3,(H,30,31);1H. The molecule has 8 nitrogen and oxygen atoms in total. The Labute approximate surface area is 201 Å². The lowest BCUT2D eigenvalue weighted by Gasteiger charge is -2.36. The lowest BCUT2D eigenvalue weighted by molar-refractivity contribution is 0.0695. The van der Waals surface area contributed by atoms with Gasteiger partial charge in [0.1, 0.15) is 11.4 Å². The van der Waals surface area contributed by atoms with Crippen molar-refractivity contribution in [1.82, 2.24) is 9.47 Å². The number of carboxylic acids is 1. The highest BCUT2D eigenvalue weighted by molar-refractivity contribution is 5.93. The summed E-state index contributed by atoms with van der Waals surface area (Å²) in [6.45, 7) is 5.99. The Morgan fingerprint density at radius 1 is 1.15 bits per heavy atom. The van der Waals surface area contributed by atoms with E-state index < -0.39 is 17.2 Å². The number of benzene rings is 2. The lowest BCUT2D eigenvalue weighted by atomic mass is 10.1. The van der Waals surface area contributed by atoms with Gasteiger partial charge < -0.3 is 24.0 Å². The second-order valence-corrected chi connectivity index (χ2v) is 8.20.